The minimum Gasteiger partial charge on any atom is -0.493 e. The lowest BCUT2D eigenvalue weighted by atomic mass is 9.74. The largest absolute Gasteiger partial charge is 0.493 e. The van der Waals surface area contributed by atoms with Gasteiger partial charge in [0.2, 0.25) is 0 Å². The summed E-state index contributed by atoms with van der Waals surface area (Å²) in [6.45, 7) is 6.55. The summed E-state index contributed by atoms with van der Waals surface area (Å²) in [5.41, 5.74) is 1.04. The Bertz CT molecular complexity index is 714. The second-order valence-electron chi connectivity index (χ2n) is 7.11. The lowest BCUT2D eigenvalue weighted by molar-refractivity contribution is 0.0455. The highest BCUT2D eigenvalue weighted by atomic mass is 16.5. The molecule has 1 aromatic heterocycles. The molecule has 4 rings (SSSR count). The predicted octanol–water partition coefficient (Wildman–Crippen LogP) is 2.26. The molecule has 1 fully saturated rings. The van der Waals surface area contributed by atoms with Crippen LogP contribution in [0.3, 0.4) is 0 Å². The molecule has 2 aromatic rings. The molecule has 0 saturated carbocycles. The highest BCUT2D eigenvalue weighted by Gasteiger charge is 2.50. The van der Waals surface area contributed by atoms with E-state index < -0.39 is 0 Å². The fraction of sp³-hybridized carbons (Fsp3) is 0.526. The van der Waals surface area contributed by atoms with Gasteiger partial charge in [0.1, 0.15) is 11.6 Å². The van der Waals surface area contributed by atoms with E-state index in [-0.39, 0.29) is 12.0 Å². The van der Waals surface area contributed by atoms with Crippen LogP contribution in [0.15, 0.2) is 36.7 Å². The van der Waals surface area contributed by atoms with Crippen LogP contribution in [0, 0.1) is 5.41 Å². The van der Waals surface area contributed by atoms with Crippen molar-refractivity contribution in [1.29, 1.82) is 0 Å². The number of ether oxygens (including phenoxy) is 1. The standard InChI is InChI=1S/C19H25N3O2/c1-2-8-22-9-7-20-18(22)11-21-10-16-15-5-3-4-6-17(15)24-14-19(16,12-21)13-23/h3-7,9,16,23H,2,8,10-14H2,1H3/t16-,19-/m1/s1. The van der Waals surface area contributed by atoms with Crippen molar-refractivity contribution in [3.63, 3.8) is 0 Å². The van der Waals surface area contributed by atoms with Gasteiger partial charge in [0.05, 0.1) is 19.8 Å². The van der Waals surface area contributed by atoms with Gasteiger partial charge in [0, 0.05) is 43.4 Å². The zero-order chi connectivity index (χ0) is 16.6. The summed E-state index contributed by atoms with van der Waals surface area (Å²) < 4.78 is 8.20. The zero-order valence-corrected chi connectivity index (χ0v) is 14.2. The van der Waals surface area contributed by atoms with Crippen molar-refractivity contribution in [1.82, 2.24) is 14.5 Å². The molecule has 1 N–H and O–H groups in total. The average Bonchev–Trinajstić information content (AvgIpc) is 3.20. The van der Waals surface area contributed by atoms with Crippen LogP contribution in [0.4, 0.5) is 0 Å². The highest BCUT2D eigenvalue weighted by Crippen LogP contribution is 2.49. The van der Waals surface area contributed by atoms with Gasteiger partial charge in [0.15, 0.2) is 0 Å². The predicted molar refractivity (Wildman–Crippen MR) is 92.0 cm³/mol. The van der Waals surface area contributed by atoms with Crippen molar-refractivity contribution in [2.24, 2.45) is 5.41 Å². The van der Waals surface area contributed by atoms with Crippen molar-refractivity contribution in [3.8, 4) is 5.75 Å². The maximum absolute atomic E-state index is 10.1. The molecule has 0 bridgehead atoms. The summed E-state index contributed by atoms with van der Waals surface area (Å²) in [6, 6.07) is 8.25. The molecule has 2 atom stereocenters. The first-order valence-corrected chi connectivity index (χ1v) is 8.81. The zero-order valence-electron chi connectivity index (χ0n) is 14.2. The van der Waals surface area contributed by atoms with E-state index >= 15 is 0 Å². The topological polar surface area (TPSA) is 50.5 Å². The first kappa shape index (κ1) is 15.7. The quantitative estimate of drug-likeness (QED) is 0.915. The first-order chi connectivity index (χ1) is 11.8. The number of para-hydroxylation sites is 1. The highest BCUT2D eigenvalue weighted by molar-refractivity contribution is 5.41. The Labute approximate surface area is 142 Å². The molecule has 3 heterocycles. The third-order valence-corrected chi connectivity index (χ3v) is 5.47. The smallest absolute Gasteiger partial charge is 0.122 e. The summed E-state index contributed by atoms with van der Waals surface area (Å²) in [6.07, 6.45) is 5.05. The summed E-state index contributed by atoms with van der Waals surface area (Å²) in [7, 11) is 0. The van der Waals surface area contributed by atoms with E-state index in [1.165, 1.54) is 5.56 Å². The summed E-state index contributed by atoms with van der Waals surface area (Å²) in [5, 5.41) is 10.1. The molecule has 0 amide bonds. The van der Waals surface area contributed by atoms with E-state index in [1.807, 2.05) is 18.3 Å². The Morgan fingerprint density at radius 3 is 3.08 bits per heavy atom. The van der Waals surface area contributed by atoms with Gasteiger partial charge in [-0.25, -0.2) is 4.98 Å². The van der Waals surface area contributed by atoms with Gasteiger partial charge in [-0.1, -0.05) is 25.1 Å². The van der Waals surface area contributed by atoms with Gasteiger partial charge in [0.25, 0.3) is 0 Å². The van der Waals surface area contributed by atoms with E-state index in [4.69, 9.17) is 4.74 Å². The molecule has 0 aliphatic carbocycles. The fourth-order valence-electron chi connectivity index (χ4n) is 4.23. The number of hydrogen-bond acceptors (Lipinski definition) is 4. The van der Waals surface area contributed by atoms with E-state index in [2.05, 4.69) is 39.7 Å². The van der Waals surface area contributed by atoms with E-state index in [0.29, 0.717) is 12.5 Å². The molecule has 0 spiro atoms. The van der Waals surface area contributed by atoms with Crippen LogP contribution < -0.4 is 4.74 Å². The number of imidazole rings is 1. The second-order valence-corrected chi connectivity index (χ2v) is 7.11. The fourth-order valence-corrected chi connectivity index (χ4v) is 4.23. The van der Waals surface area contributed by atoms with Gasteiger partial charge in [-0.15, -0.1) is 0 Å². The molecular formula is C19H25N3O2. The number of likely N-dealkylation sites (tertiary alicyclic amines) is 1. The van der Waals surface area contributed by atoms with E-state index in [1.54, 1.807) is 0 Å². The number of rotatable bonds is 5. The molecule has 5 nitrogen and oxygen atoms in total. The van der Waals surface area contributed by atoms with Crippen LogP contribution in [0.25, 0.3) is 0 Å². The normalized spacial score (nSPS) is 26.0. The summed E-state index contributed by atoms with van der Waals surface area (Å²) in [5.74, 6) is 2.40. The molecular weight excluding hydrogens is 302 g/mol. The second kappa shape index (κ2) is 6.22. The molecule has 24 heavy (non-hydrogen) atoms. The minimum absolute atomic E-state index is 0.159. The van der Waals surface area contributed by atoms with Crippen molar-refractivity contribution < 1.29 is 9.84 Å². The average molecular weight is 327 g/mol. The number of hydrogen-bond donors (Lipinski definition) is 1. The number of benzene rings is 1. The molecule has 0 radical (unpaired) electrons. The maximum Gasteiger partial charge on any atom is 0.122 e. The van der Waals surface area contributed by atoms with Gasteiger partial charge >= 0.3 is 0 Å². The summed E-state index contributed by atoms with van der Waals surface area (Å²) >= 11 is 0. The van der Waals surface area contributed by atoms with E-state index in [9.17, 15) is 5.11 Å². The van der Waals surface area contributed by atoms with Crippen molar-refractivity contribution in [3.05, 3.63) is 48.0 Å². The Balaban J connectivity index is 1.58. The number of aryl methyl sites for hydroxylation is 1. The van der Waals surface area contributed by atoms with Crippen LogP contribution in [0.1, 0.15) is 30.7 Å². The van der Waals surface area contributed by atoms with Gasteiger partial charge in [-0.05, 0) is 18.1 Å². The molecule has 0 unspecified atom stereocenters. The minimum atomic E-state index is -0.198. The molecule has 5 heteroatoms. The Kier molecular flexibility index (Phi) is 4.06. The van der Waals surface area contributed by atoms with Crippen LogP contribution in [-0.2, 0) is 13.1 Å². The van der Waals surface area contributed by atoms with Crippen molar-refractivity contribution in [2.45, 2.75) is 32.4 Å². The van der Waals surface area contributed by atoms with Gasteiger partial charge in [-0.2, -0.15) is 0 Å². The third-order valence-electron chi connectivity index (χ3n) is 5.47. The molecule has 2 aliphatic rings. The van der Waals surface area contributed by atoms with Crippen LogP contribution in [0.5, 0.6) is 5.75 Å². The van der Waals surface area contributed by atoms with Crippen molar-refractivity contribution >= 4 is 0 Å². The van der Waals surface area contributed by atoms with Gasteiger partial charge in [-0.3, -0.25) is 4.90 Å². The monoisotopic (exact) mass is 327 g/mol. The Morgan fingerprint density at radius 2 is 2.25 bits per heavy atom. The van der Waals surface area contributed by atoms with Crippen molar-refractivity contribution in [2.75, 3.05) is 26.3 Å². The third kappa shape index (κ3) is 2.52. The molecule has 1 saturated heterocycles. The number of fused-ring (bicyclic) bond motifs is 3. The number of aromatic nitrogens is 2. The van der Waals surface area contributed by atoms with Crippen LogP contribution >= 0.6 is 0 Å². The van der Waals surface area contributed by atoms with Crippen LogP contribution in [0.2, 0.25) is 0 Å². The number of aliphatic hydroxyl groups excluding tert-OH is 1. The number of nitrogens with zero attached hydrogens (tertiary/aromatic N) is 3. The maximum atomic E-state index is 10.1. The summed E-state index contributed by atoms with van der Waals surface area (Å²) in [4.78, 5) is 6.95. The Morgan fingerprint density at radius 1 is 1.38 bits per heavy atom. The van der Waals surface area contributed by atoms with Gasteiger partial charge < -0.3 is 14.4 Å². The van der Waals surface area contributed by atoms with Crippen LogP contribution in [-0.4, -0.2) is 45.9 Å². The Hall–Kier alpha value is -1.85. The SMILES string of the molecule is CCCn1ccnc1CN1C[C@@H]2c3ccccc3OC[C@]2(CO)C1. The lowest BCUT2D eigenvalue weighted by Gasteiger charge is -2.38. The first-order valence-electron chi connectivity index (χ1n) is 8.81. The molecule has 1 aromatic carbocycles. The number of aliphatic hydroxyl groups is 1. The lowest BCUT2D eigenvalue weighted by Crippen LogP contribution is -2.42. The van der Waals surface area contributed by atoms with E-state index in [0.717, 1.165) is 44.2 Å². The molecule has 2 aliphatic heterocycles. The molecule has 128 valence electrons.